The number of pyridine rings is 1. The number of nitrogens with one attached hydrogen (secondary N) is 1. The van der Waals surface area contributed by atoms with Gasteiger partial charge in [-0.1, -0.05) is 120 Å². The Morgan fingerprint density at radius 3 is 1.60 bits per heavy atom. The van der Waals surface area contributed by atoms with E-state index in [9.17, 15) is 0 Å². The van der Waals surface area contributed by atoms with Crippen molar-refractivity contribution in [3.05, 3.63) is 130 Å². The summed E-state index contributed by atoms with van der Waals surface area (Å²) in [7, 11) is 3.89. The first-order valence-corrected chi connectivity index (χ1v) is 23.9. The van der Waals surface area contributed by atoms with Crippen molar-refractivity contribution >= 4 is 51.2 Å². The van der Waals surface area contributed by atoms with Crippen molar-refractivity contribution in [3.63, 3.8) is 0 Å². The fourth-order valence-electron chi connectivity index (χ4n) is 9.13. The zero-order chi connectivity index (χ0) is 40.4. The van der Waals surface area contributed by atoms with Crippen molar-refractivity contribution in [2.45, 2.75) is 109 Å². The van der Waals surface area contributed by atoms with E-state index in [4.69, 9.17) is 0 Å². The van der Waals surface area contributed by atoms with Gasteiger partial charge < -0.3 is 15.1 Å². The molecule has 0 bridgehead atoms. The second-order valence-corrected chi connectivity index (χ2v) is 22.0. The van der Waals surface area contributed by atoms with Gasteiger partial charge in [0.2, 0.25) is 0 Å². The molecule has 6 heteroatoms. The molecule has 1 N–H and O–H groups in total. The zero-order valence-corrected chi connectivity index (χ0v) is 37.7. The number of anilines is 2. The summed E-state index contributed by atoms with van der Waals surface area (Å²) in [5.41, 5.74) is 14.9. The molecule has 4 nitrogen and oxygen atoms in total. The highest BCUT2D eigenvalue weighted by atomic mass is 33.1. The Hall–Kier alpha value is -3.61. The highest BCUT2D eigenvalue weighted by molar-refractivity contribution is 8.76. The van der Waals surface area contributed by atoms with Crippen LogP contribution >= 0.6 is 21.6 Å². The van der Waals surface area contributed by atoms with E-state index in [1.807, 2.05) is 27.7 Å². The lowest BCUT2D eigenvalue weighted by molar-refractivity contribution is -0.692. The van der Waals surface area contributed by atoms with Crippen molar-refractivity contribution < 1.29 is 4.57 Å². The van der Waals surface area contributed by atoms with Crippen LogP contribution in [0, 0.1) is 0 Å². The van der Waals surface area contributed by atoms with Gasteiger partial charge in [0, 0.05) is 62.0 Å². The van der Waals surface area contributed by atoms with Crippen molar-refractivity contribution in [3.8, 4) is 0 Å². The van der Waals surface area contributed by atoms with Gasteiger partial charge in [-0.3, -0.25) is 0 Å². The van der Waals surface area contributed by atoms with E-state index < -0.39 is 0 Å². The van der Waals surface area contributed by atoms with Gasteiger partial charge in [0.25, 0.3) is 0 Å². The average Bonchev–Trinajstić information content (AvgIpc) is 3.17. The van der Waals surface area contributed by atoms with Gasteiger partial charge in [0.15, 0.2) is 18.9 Å². The van der Waals surface area contributed by atoms with Crippen molar-refractivity contribution in [1.29, 1.82) is 0 Å². The number of rotatable bonds is 14. The van der Waals surface area contributed by atoms with Gasteiger partial charge in [0.1, 0.15) is 0 Å². The standard InChI is InChI=1S/C51H67N4S2/c1-10-11-38(12-14-40-34-42-46-43(35-40)49(4,5)20-28-54(46)27-19-48(42,2)3)16-23-52-24-32-56-57-33-31-53-25-17-39(18-26-53)13-15-41-36-44-47-45(37-41)51(8,9)22-30-55(47)29-21-50(44,6)7/h10-18,23,25-26,34-37,52H,1,19-22,24,27-33H2,2-9H3/q+1/b14-12+,23-16-,38-11-. The lowest BCUT2D eigenvalue weighted by Crippen LogP contribution is -2.44. The normalized spacial score (nSPS) is 20.2. The molecule has 57 heavy (non-hydrogen) atoms. The fourth-order valence-corrected chi connectivity index (χ4v) is 11.0. The quantitative estimate of drug-likeness (QED) is 0.0757. The Labute approximate surface area is 353 Å². The highest BCUT2D eigenvalue weighted by Gasteiger charge is 2.41. The summed E-state index contributed by atoms with van der Waals surface area (Å²) in [6.07, 6.45) is 26.6. The third-order valence-electron chi connectivity index (χ3n) is 13.2. The summed E-state index contributed by atoms with van der Waals surface area (Å²) >= 11 is 0. The first-order valence-electron chi connectivity index (χ1n) is 21.4. The molecule has 3 aromatic rings. The second kappa shape index (κ2) is 16.9. The summed E-state index contributed by atoms with van der Waals surface area (Å²) in [6.45, 7) is 30.0. The lowest BCUT2D eigenvalue weighted by atomic mass is 9.69. The van der Waals surface area contributed by atoms with Crippen LogP contribution in [0.1, 0.15) is 120 Å². The van der Waals surface area contributed by atoms with Gasteiger partial charge in [0.05, 0.1) is 5.75 Å². The molecule has 0 spiro atoms. The first-order chi connectivity index (χ1) is 27.2. The van der Waals surface area contributed by atoms with Gasteiger partial charge in [-0.15, -0.1) is 0 Å². The Balaban J connectivity index is 0.856. The topological polar surface area (TPSA) is 22.4 Å². The molecule has 302 valence electrons. The van der Waals surface area contributed by atoms with Gasteiger partial charge in [-0.25, -0.2) is 4.57 Å². The lowest BCUT2D eigenvalue weighted by Gasteiger charge is -2.48. The van der Waals surface area contributed by atoms with Crippen LogP contribution in [0.5, 0.6) is 0 Å². The number of aromatic nitrogens is 1. The summed E-state index contributed by atoms with van der Waals surface area (Å²) in [5, 5.41) is 3.50. The van der Waals surface area contributed by atoms with Crippen LogP contribution in [0.2, 0.25) is 0 Å². The minimum absolute atomic E-state index is 0.192. The van der Waals surface area contributed by atoms with E-state index in [-0.39, 0.29) is 21.7 Å². The van der Waals surface area contributed by atoms with Crippen LogP contribution in [0.15, 0.2) is 91.4 Å². The number of hydrogen-bond donors (Lipinski definition) is 1. The highest BCUT2D eigenvalue weighted by Crippen LogP contribution is 2.51. The van der Waals surface area contributed by atoms with E-state index >= 15 is 0 Å². The van der Waals surface area contributed by atoms with Gasteiger partial charge in [-0.05, 0) is 128 Å². The first kappa shape index (κ1) is 41.5. The van der Waals surface area contributed by atoms with Crippen molar-refractivity contribution in [2.75, 3.05) is 54.0 Å². The molecule has 1 aromatic heterocycles. The molecule has 7 rings (SSSR count). The molecule has 0 atom stereocenters. The third kappa shape index (κ3) is 9.33. The summed E-state index contributed by atoms with van der Waals surface area (Å²) in [6, 6.07) is 14.3. The zero-order valence-electron chi connectivity index (χ0n) is 36.1. The molecule has 0 fully saturated rings. The van der Waals surface area contributed by atoms with Crippen LogP contribution in [0.4, 0.5) is 11.4 Å². The molecule has 0 unspecified atom stereocenters. The van der Waals surface area contributed by atoms with E-state index in [1.165, 1.54) is 102 Å². The van der Waals surface area contributed by atoms with Crippen LogP contribution in [-0.4, -0.2) is 44.2 Å². The average molecular weight is 800 g/mol. The Bertz CT molecular complexity index is 1980. The van der Waals surface area contributed by atoms with Gasteiger partial charge in [-0.2, -0.15) is 0 Å². The minimum Gasteiger partial charge on any atom is -0.390 e. The molecule has 2 aromatic carbocycles. The molecule has 5 heterocycles. The molecule has 4 aliphatic rings. The maximum absolute atomic E-state index is 3.97. The number of nitrogens with zero attached hydrogens (tertiary/aromatic N) is 3. The van der Waals surface area contributed by atoms with E-state index in [0.29, 0.717) is 0 Å². The number of aryl methyl sites for hydroxylation is 1. The van der Waals surface area contributed by atoms with Crippen LogP contribution in [-0.2, 0) is 28.2 Å². The van der Waals surface area contributed by atoms with Crippen LogP contribution in [0.25, 0.3) is 18.2 Å². The number of allylic oxidation sites excluding steroid dienone is 5. The smallest absolute Gasteiger partial charge is 0.169 e. The maximum atomic E-state index is 3.97. The van der Waals surface area contributed by atoms with E-state index in [1.54, 1.807) is 0 Å². The number of hydrogen-bond acceptors (Lipinski definition) is 5. The molecule has 0 radical (unpaired) electrons. The van der Waals surface area contributed by atoms with Crippen molar-refractivity contribution in [1.82, 2.24) is 5.32 Å². The fraction of sp³-hybridized carbons (Fsp3) is 0.471. The van der Waals surface area contributed by atoms with E-state index in [0.717, 1.165) is 30.2 Å². The molecule has 0 saturated carbocycles. The van der Waals surface area contributed by atoms with Gasteiger partial charge >= 0.3 is 0 Å². The predicted octanol–water partition coefficient (Wildman–Crippen LogP) is 11.8. The molecule has 0 saturated heterocycles. The monoisotopic (exact) mass is 799 g/mol. The molecular weight excluding hydrogens is 733 g/mol. The second-order valence-electron chi connectivity index (χ2n) is 19.3. The van der Waals surface area contributed by atoms with E-state index in [2.05, 4.69) is 173 Å². The molecule has 0 aliphatic carbocycles. The SMILES string of the molecule is C=C/C=C(\C=C/NCCSSCC[n+]1ccc(/C=C/c2cc3c4c(c2)C(C)(C)CCN4CCC3(C)C)cc1)/C=C/c1cc2c3c(c1)C(C)(C)CCN3CCC2(C)C. The maximum Gasteiger partial charge on any atom is 0.169 e. The Kier molecular flexibility index (Phi) is 12.3. The summed E-state index contributed by atoms with van der Waals surface area (Å²) in [4.78, 5) is 5.28. The molecule has 0 amide bonds. The predicted molar refractivity (Wildman–Crippen MR) is 253 cm³/mol. The van der Waals surface area contributed by atoms with Crippen LogP contribution < -0.4 is 19.7 Å². The molecular formula is C51H67N4S2+. The largest absolute Gasteiger partial charge is 0.390 e. The van der Waals surface area contributed by atoms with Crippen molar-refractivity contribution in [2.24, 2.45) is 0 Å². The molecule has 4 aliphatic heterocycles. The van der Waals surface area contributed by atoms with Crippen LogP contribution in [0.3, 0.4) is 0 Å². The Morgan fingerprint density at radius 2 is 1.11 bits per heavy atom. The summed E-state index contributed by atoms with van der Waals surface area (Å²) in [5.74, 6) is 2.13. The minimum atomic E-state index is 0.192. The Morgan fingerprint density at radius 1 is 0.649 bits per heavy atom. The number of benzene rings is 2. The third-order valence-corrected chi connectivity index (χ3v) is 15.6. The summed E-state index contributed by atoms with van der Waals surface area (Å²) < 4.78 is 2.30.